The SMILES string of the molecule is CCc1ccc(S(=O)(=O)Nc2cnc(OC)nc2)s1. The Kier molecular flexibility index (Phi) is 4.01. The molecule has 19 heavy (non-hydrogen) atoms. The van der Waals surface area contributed by atoms with Crippen molar-refractivity contribution in [2.24, 2.45) is 0 Å². The molecule has 0 aliphatic carbocycles. The highest BCUT2D eigenvalue weighted by molar-refractivity contribution is 7.94. The van der Waals surface area contributed by atoms with Crippen molar-refractivity contribution in [2.45, 2.75) is 17.6 Å². The number of nitrogens with zero attached hydrogens (tertiary/aromatic N) is 2. The van der Waals surface area contributed by atoms with Crippen molar-refractivity contribution in [2.75, 3.05) is 11.8 Å². The maximum absolute atomic E-state index is 12.1. The third-order valence-corrected chi connectivity index (χ3v) is 5.42. The van der Waals surface area contributed by atoms with E-state index in [0.717, 1.165) is 11.3 Å². The average molecular weight is 299 g/mol. The van der Waals surface area contributed by atoms with E-state index >= 15 is 0 Å². The molecule has 2 aromatic heterocycles. The molecule has 0 saturated carbocycles. The molecule has 2 heterocycles. The number of aromatic nitrogens is 2. The first-order chi connectivity index (χ1) is 9.05. The first-order valence-corrected chi connectivity index (χ1v) is 7.82. The highest BCUT2D eigenvalue weighted by Gasteiger charge is 2.17. The average Bonchev–Trinajstić information content (AvgIpc) is 2.89. The Hall–Kier alpha value is -1.67. The largest absolute Gasteiger partial charge is 0.467 e. The van der Waals surface area contributed by atoms with Gasteiger partial charge in [-0.2, -0.15) is 0 Å². The molecule has 2 aromatic rings. The minimum atomic E-state index is -3.57. The Morgan fingerprint density at radius 1 is 1.32 bits per heavy atom. The zero-order valence-corrected chi connectivity index (χ0v) is 12.1. The second-order valence-corrected chi connectivity index (χ2v) is 6.72. The molecule has 0 aromatic carbocycles. The van der Waals surface area contributed by atoms with Crippen molar-refractivity contribution in [3.05, 3.63) is 29.4 Å². The van der Waals surface area contributed by atoms with Crippen LogP contribution in [0.15, 0.2) is 28.7 Å². The Morgan fingerprint density at radius 3 is 2.53 bits per heavy atom. The van der Waals surface area contributed by atoms with Crippen LogP contribution in [0.5, 0.6) is 6.01 Å². The quantitative estimate of drug-likeness (QED) is 0.912. The third-order valence-electron chi connectivity index (χ3n) is 2.31. The summed E-state index contributed by atoms with van der Waals surface area (Å²) in [4.78, 5) is 8.70. The molecule has 0 unspecified atom stereocenters. The van der Waals surface area contributed by atoms with Gasteiger partial charge in [-0.05, 0) is 18.6 Å². The molecule has 0 aliphatic heterocycles. The van der Waals surface area contributed by atoms with Crippen molar-refractivity contribution in [3.63, 3.8) is 0 Å². The monoisotopic (exact) mass is 299 g/mol. The molecule has 0 fully saturated rings. The molecule has 0 amide bonds. The summed E-state index contributed by atoms with van der Waals surface area (Å²) in [7, 11) is -2.13. The summed E-state index contributed by atoms with van der Waals surface area (Å²) in [5, 5.41) is 0. The fraction of sp³-hybridized carbons (Fsp3) is 0.273. The first kappa shape index (κ1) is 13.8. The summed E-state index contributed by atoms with van der Waals surface area (Å²) in [5.41, 5.74) is 0.298. The van der Waals surface area contributed by atoms with Gasteiger partial charge in [0, 0.05) is 4.88 Å². The van der Waals surface area contributed by atoms with Crippen LogP contribution in [0.4, 0.5) is 5.69 Å². The second-order valence-electron chi connectivity index (χ2n) is 3.64. The maximum Gasteiger partial charge on any atom is 0.316 e. The van der Waals surface area contributed by atoms with Crippen molar-refractivity contribution in [1.82, 2.24) is 9.97 Å². The molecule has 0 bridgehead atoms. The molecule has 0 aliphatic rings. The summed E-state index contributed by atoms with van der Waals surface area (Å²) >= 11 is 1.25. The first-order valence-electron chi connectivity index (χ1n) is 5.52. The van der Waals surface area contributed by atoms with Gasteiger partial charge in [0.1, 0.15) is 4.21 Å². The highest BCUT2D eigenvalue weighted by Crippen LogP contribution is 2.24. The summed E-state index contributed by atoms with van der Waals surface area (Å²) < 4.78 is 31.7. The van der Waals surface area contributed by atoms with E-state index < -0.39 is 10.0 Å². The van der Waals surface area contributed by atoms with Crippen molar-refractivity contribution in [3.8, 4) is 6.01 Å². The minimum Gasteiger partial charge on any atom is -0.467 e. The predicted molar refractivity (Wildman–Crippen MR) is 73.1 cm³/mol. The van der Waals surface area contributed by atoms with Gasteiger partial charge < -0.3 is 4.74 Å². The maximum atomic E-state index is 12.1. The summed E-state index contributed by atoms with van der Waals surface area (Å²) in [6, 6.07) is 3.59. The molecule has 0 spiro atoms. The van der Waals surface area contributed by atoms with E-state index in [9.17, 15) is 8.42 Å². The van der Waals surface area contributed by atoms with E-state index in [0.29, 0.717) is 5.69 Å². The van der Waals surface area contributed by atoms with Gasteiger partial charge in [0.25, 0.3) is 10.0 Å². The highest BCUT2D eigenvalue weighted by atomic mass is 32.2. The lowest BCUT2D eigenvalue weighted by atomic mass is 10.4. The standard InChI is InChI=1S/C11H13N3O3S2/c1-3-9-4-5-10(18-9)19(15,16)14-8-6-12-11(17-2)13-7-8/h4-7,14H,3H2,1-2H3. The molecular weight excluding hydrogens is 286 g/mol. The van der Waals surface area contributed by atoms with Crippen LogP contribution < -0.4 is 9.46 Å². The number of aryl methyl sites for hydroxylation is 1. The number of methoxy groups -OCH3 is 1. The van der Waals surface area contributed by atoms with Crippen molar-refractivity contribution in [1.29, 1.82) is 0 Å². The summed E-state index contributed by atoms with van der Waals surface area (Å²) in [6.07, 6.45) is 3.53. The Bertz CT molecular complexity index is 650. The van der Waals surface area contributed by atoms with E-state index in [1.807, 2.05) is 13.0 Å². The number of rotatable bonds is 5. The van der Waals surface area contributed by atoms with E-state index in [2.05, 4.69) is 14.7 Å². The molecule has 0 atom stereocenters. The van der Waals surface area contributed by atoms with Crippen LogP contribution in [0.1, 0.15) is 11.8 Å². The van der Waals surface area contributed by atoms with Crippen LogP contribution in [0, 0.1) is 0 Å². The number of hydrogen-bond acceptors (Lipinski definition) is 6. The minimum absolute atomic E-state index is 0.187. The fourth-order valence-electron chi connectivity index (χ4n) is 1.37. The van der Waals surface area contributed by atoms with Crippen LogP contribution in [0.25, 0.3) is 0 Å². The molecule has 1 N–H and O–H groups in total. The van der Waals surface area contributed by atoms with Gasteiger partial charge in [-0.15, -0.1) is 11.3 Å². The zero-order chi connectivity index (χ0) is 13.9. The van der Waals surface area contributed by atoms with Crippen LogP contribution in [-0.4, -0.2) is 25.5 Å². The van der Waals surface area contributed by atoms with Crippen molar-refractivity contribution < 1.29 is 13.2 Å². The number of ether oxygens (including phenoxy) is 1. The zero-order valence-electron chi connectivity index (χ0n) is 10.5. The van der Waals surface area contributed by atoms with Gasteiger partial charge in [-0.3, -0.25) is 4.72 Å². The van der Waals surface area contributed by atoms with E-state index in [-0.39, 0.29) is 10.2 Å². The lowest BCUT2D eigenvalue weighted by Gasteiger charge is -2.05. The lowest BCUT2D eigenvalue weighted by molar-refractivity contribution is 0.380. The fourth-order valence-corrected chi connectivity index (χ4v) is 3.70. The molecule has 8 heteroatoms. The van der Waals surface area contributed by atoms with E-state index in [1.165, 1.54) is 30.8 Å². The summed E-state index contributed by atoms with van der Waals surface area (Å²) in [5.74, 6) is 0. The number of sulfonamides is 1. The molecule has 2 rings (SSSR count). The smallest absolute Gasteiger partial charge is 0.316 e. The molecular formula is C11H13N3O3S2. The molecule has 6 nitrogen and oxygen atoms in total. The number of nitrogens with one attached hydrogen (secondary N) is 1. The third kappa shape index (κ3) is 3.21. The van der Waals surface area contributed by atoms with Crippen LogP contribution in [-0.2, 0) is 16.4 Å². The van der Waals surface area contributed by atoms with Gasteiger partial charge in [0.2, 0.25) is 0 Å². The van der Waals surface area contributed by atoms with Crippen LogP contribution in [0.3, 0.4) is 0 Å². The Balaban J connectivity index is 2.20. The van der Waals surface area contributed by atoms with Gasteiger partial charge >= 0.3 is 6.01 Å². The predicted octanol–water partition coefficient (Wildman–Crippen LogP) is 1.91. The van der Waals surface area contributed by atoms with Gasteiger partial charge in [0.05, 0.1) is 25.2 Å². The molecule has 0 radical (unpaired) electrons. The topological polar surface area (TPSA) is 81.2 Å². The number of anilines is 1. The van der Waals surface area contributed by atoms with Crippen LogP contribution in [0.2, 0.25) is 0 Å². The van der Waals surface area contributed by atoms with Gasteiger partial charge in [-0.25, -0.2) is 18.4 Å². The van der Waals surface area contributed by atoms with Gasteiger partial charge in [-0.1, -0.05) is 6.92 Å². The second kappa shape index (κ2) is 5.54. The van der Waals surface area contributed by atoms with Crippen molar-refractivity contribution >= 4 is 27.0 Å². The normalized spacial score (nSPS) is 11.3. The van der Waals surface area contributed by atoms with Gasteiger partial charge in [0.15, 0.2) is 0 Å². The number of thiophene rings is 1. The Morgan fingerprint density at radius 2 is 2.00 bits per heavy atom. The molecule has 0 saturated heterocycles. The Labute approximate surface area is 115 Å². The van der Waals surface area contributed by atoms with Crippen LogP contribution >= 0.6 is 11.3 Å². The van der Waals surface area contributed by atoms with E-state index in [1.54, 1.807) is 6.07 Å². The molecule has 102 valence electrons. The number of hydrogen-bond donors (Lipinski definition) is 1. The lowest BCUT2D eigenvalue weighted by Crippen LogP contribution is -2.12. The van der Waals surface area contributed by atoms with E-state index in [4.69, 9.17) is 4.74 Å². The summed E-state index contributed by atoms with van der Waals surface area (Å²) in [6.45, 7) is 1.98.